The number of carbonyl (C=O) groups excluding carboxylic acids is 2. The molecule has 1 N–H and O–H groups in total. The Morgan fingerprint density at radius 2 is 1.74 bits per heavy atom. The molecule has 1 fully saturated rings. The first-order chi connectivity index (χ1) is 13.0. The Labute approximate surface area is 160 Å². The largest absolute Gasteiger partial charge is 0.354 e. The zero-order valence-corrected chi connectivity index (χ0v) is 16.3. The van der Waals surface area contributed by atoms with Crippen LogP contribution in [0.3, 0.4) is 0 Å². The van der Waals surface area contributed by atoms with Crippen molar-refractivity contribution in [3.05, 3.63) is 64.5 Å². The summed E-state index contributed by atoms with van der Waals surface area (Å²) in [4.78, 5) is 32.0. The van der Waals surface area contributed by atoms with E-state index in [9.17, 15) is 9.59 Å². The molecule has 0 atom stereocenters. The molecule has 0 spiro atoms. The van der Waals surface area contributed by atoms with E-state index in [1.165, 1.54) is 5.56 Å². The smallest absolute Gasteiger partial charge is 0.270 e. The summed E-state index contributed by atoms with van der Waals surface area (Å²) in [5.41, 5.74) is 3.93. The Balaban J connectivity index is 1.56. The van der Waals surface area contributed by atoms with E-state index in [-0.39, 0.29) is 11.7 Å². The minimum atomic E-state index is -0.0115. The van der Waals surface area contributed by atoms with Gasteiger partial charge in [0.2, 0.25) is 0 Å². The molecule has 2 aromatic rings. The minimum absolute atomic E-state index is 0.00433. The van der Waals surface area contributed by atoms with Gasteiger partial charge in [0.15, 0.2) is 5.78 Å². The minimum Gasteiger partial charge on any atom is -0.354 e. The van der Waals surface area contributed by atoms with Crippen molar-refractivity contribution in [3.63, 3.8) is 0 Å². The number of amides is 1. The average molecular weight is 365 g/mol. The number of aromatic nitrogens is 1. The zero-order valence-electron chi connectivity index (χ0n) is 16.3. The quantitative estimate of drug-likeness (QED) is 0.827. The summed E-state index contributed by atoms with van der Waals surface area (Å²) in [6.07, 6.45) is 4.30. The maximum atomic E-state index is 12.9. The molecule has 1 amide bonds. The van der Waals surface area contributed by atoms with Crippen molar-refractivity contribution in [1.82, 2.24) is 14.8 Å². The molecule has 0 aliphatic carbocycles. The van der Waals surface area contributed by atoms with Gasteiger partial charge in [0.25, 0.3) is 5.91 Å². The molecule has 1 aromatic carbocycles. The molecular formula is C22H27N3O2. The van der Waals surface area contributed by atoms with Crippen LogP contribution < -0.4 is 0 Å². The Bertz CT molecular complexity index is 844. The van der Waals surface area contributed by atoms with Crippen molar-refractivity contribution < 1.29 is 9.59 Å². The van der Waals surface area contributed by atoms with Crippen molar-refractivity contribution in [2.75, 3.05) is 32.7 Å². The fraction of sp³-hybridized carbons (Fsp3) is 0.364. The molecule has 1 aromatic heterocycles. The van der Waals surface area contributed by atoms with Crippen LogP contribution in [0.1, 0.15) is 44.6 Å². The molecule has 1 saturated heterocycles. The normalized spacial score (nSPS) is 15.4. The number of hydrogen-bond donors (Lipinski definition) is 1. The predicted molar refractivity (Wildman–Crippen MR) is 108 cm³/mol. The Morgan fingerprint density at radius 3 is 2.33 bits per heavy atom. The summed E-state index contributed by atoms with van der Waals surface area (Å²) in [6.45, 7) is 9.21. The number of benzene rings is 1. The number of carbonyl (C=O) groups is 2. The van der Waals surface area contributed by atoms with Gasteiger partial charge < -0.3 is 9.88 Å². The van der Waals surface area contributed by atoms with E-state index in [1.807, 2.05) is 36.9 Å². The van der Waals surface area contributed by atoms with Crippen molar-refractivity contribution in [2.45, 2.75) is 20.8 Å². The molecule has 5 nitrogen and oxygen atoms in total. The van der Waals surface area contributed by atoms with E-state index in [0.29, 0.717) is 24.3 Å². The number of aryl methyl sites for hydroxylation is 1. The molecule has 0 radical (unpaired) electrons. The maximum Gasteiger partial charge on any atom is 0.270 e. The Kier molecular flexibility index (Phi) is 5.91. The number of aromatic amines is 1. The third-order valence-corrected chi connectivity index (χ3v) is 5.14. The zero-order chi connectivity index (χ0) is 19.4. The second kappa shape index (κ2) is 8.35. The first kappa shape index (κ1) is 19.1. The number of piperazine rings is 1. The molecule has 1 aliphatic heterocycles. The maximum absolute atomic E-state index is 12.9. The van der Waals surface area contributed by atoms with Crippen molar-refractivity contribution >= 4 is 17.8 Å². The van der Waals surface area contributed by atoms with Crippen molar-refractivity contribution in [2.24, 2.45) is 0 Å². The lowest BCUT2D eigenvalue weighted by Crippen LogP contribution is -2.48. The van der Waals surface area contributed by atoms with Crippen LogP contribution in [-0.4, -0.2) is 59.2 Å². The first-order valence-corrected chi connectivity index (χ1v) is 9.40. The molecule has 2 heterocycles. The summed E-state index contributed by atoms with van der Waals surface area (Å²) >= 11 is 0. The van der Waals surface area contributed by atoms with Gasteiger partial charge in [-0.2, -0.15) is 0 Å². The number of hydrogen-bond acceptors (Lipinski definition) is 3. The number of Topliss-reactive ketones (excluding diaryl/α,β-unsaturated/α-hetero) is 1. The van der Waals surface area contributed by atoms with E-state index in [4.69, 9.17) is 0 Å². The van der Waals surface area contributed by atoms with E-state index in [0.717, 1.165) is 30.9 Å². The fourth-order valence-corrected chi connectivity index (χ4v) is 3.69. The van der Waals surface area contributed by atoms with Crippen LogP contribution in [0, 0.1) is 13.8 Å². The third-order valence-electron chi connectivity index (χ3n) is 5.14. The van der Waals surface area contributed by atoms with Crippen LogP contribution in [0.2, 0.25) is 0 Å². The van der Waals surface area contributed by atoms with E-state index < -0.39 is 0 Å². The fourth-order valence-electron chi connectivity index (χ4n) is 3.69. The van der Waals surface area contributed by atoms with Crippen LogP contribution in [0.5, 0.6) is 0 Å². The van der Waals surface area contributed by atoms with E-state index in [2.05, 4.69) is 34.2 Å². The highest BCUT2D eigenvalue weighted by atomic mass is 16.2. The van der Waals surface area contributed by atoms with Crippen LogP contribution in [-0.2, 0) is 0 Å². The van der Waals surface area contributed by atoms with Gasteiger partial charge in [-0.25, -0.2) is 0 Å². The number of ketones is 1. The summed E-state index contributed by atoms with van der Waals surface area (Å²) in [5, 5.41) is 0. The molecule has 0 unspecified atom stereocenters. The molecule has 0 bridgehead atoms. The van der Waals surface area contributed by atoms with Gasteiger partial charge in [0.1, 0.15) is 5.69 Å². The van der Waals surface area contributed by atoms with Crippen molar-refractivity contribution in [3.8, 4) is 0 Å². The lowest BCUT2D eigenvalue weighted by Gasteiger charge is -2.34. The number of rotatable bonds is 5. The lowest BCUT2D eigenvalue weighted by molar-refractivity contribution is 0.0644. The standard InChI is InChI=1S/C22H27N3O2/c1-16-20(18(3)26)17(2)23-21(16)22(27)25-14-12-24(13-15-25)11-7-10-19-8-5-4-6-9-19/h4-10,23H,11-15H2,1-3H3/b10-7+. The van der Waals surface area contributed by atoms with Crippen LogP contribution >= 0.6 is 0 Å². The SMILES string of the molecule is CC(=O)c1c(C)[nH]c(C(=O)N2CCN(C/C=C/c3ccccc3)CC2)c1C. The molecule has 0 saturated carbocycles. The Hall–Kier alpha value is -2.66. The first-order valence-electron chi connectivity index (χ1n) is 9.40. The number of H-pyrrole nitrogens is 1. The average Bonchev–Trinajstić information content (AvgIpc) is 2.97. The number of nitrogens with zero attached hydrogens (tertiary/aromatic N) is 2. The van der Waals surface area contributed by atoms with Crippen LogP contribution in [0.25, 0.3) is 6.08 Å². The second-order valence-electron chi connectivity index (χ2n) is 7.09. The van der Waals surface area contributed by atoms with Gasteiger partial charge in [-0.05, 0) is 31.9 Å². The van der Waals surface area contributed by atoms with Gasteiger partial charge >= 0.3 is 0 Å². The molecular weight excluding hydrogens is 338 g/mol. The predicted octanol–water partition coefficient (Wildman–Crippen LogP) is 3.31. The highest BCUT2D eigenvalue weighted by Crippen LogP contribution is 2.20. The Morgan fingerprint density at radius 1 is 1.07 bits per heavy atom. The van der Waals surface area contributed by atoms with Crippen LogP contribution in [0.15, 0.2) is 36.4 Å². The summed E-state index contributed by atoms with van der Waals surface area (Å²) in [7, 11) is 0. The lowest BCUT2D eigenvalue weighted by atomic mass is 10.1. The summed E-state index contributed by atoms with van der Waals surface area (Å²) in [5.74, 6) is -0.0158. The van der Waals surface area contributed by atoms with Crippen LogP contribution in [0.4, 0.5) is 0 Å². The van der Waals surface area contributed by atoms with Gasteiger partial charge in [0.05, 0.1) is 0 Å². The topological polar surface area (TPSA) is 56.4 Å². The van der Waals surface area contributed by atoms with Gasteiger partial charge in [-0.15, -0.1) is 0 Å². The van der Waals surface area contributed by atoms with Gasteiger partial charge in [0, 0.05) is 44.0 Å². The second-order valence-corrected chi connectivity index (χ2v) is 7.09. The molecule has 142 valence electrons. The molecule has 1 aliphatic rings. The highest BCUT2D eigenvalue weighted by molar-refractivity contribution is 6.02. The van der Waals surface area contributed by atoms with Gasteiger partial charge in [-0.3, -0.25) is 14.5 Å². The third kappa shape index (κ3) is 4.37. The molecule has 27 heavy (non-hydrogen) atoms. The number of nitrogens with one attached hydrogen (secondary N) is 1. The highest BCUT2D eigenvalue weighted by Gasteiger charge is 2.26. The molecule has 3 rings (SSSR count). The monoisotopic (exact) mass is 365 g/mol. The van der Waals surface area contributed by atoms with Gasteiger partial charge in [-0.1, -0.05) is 42.5 Å². The summed E-state index contributed by atoms with van der Waals surface area (Å²) < 4.78 is 0. The molecule has 5 heteroatoms. The van der Waals surface area contributed by atoms with Crippen molar-refractivity contribution in [1.29, 1.82) is 0 Å². The summed E-state index contributed by atoms with van der Waals surface area (Å²) in [6, 6.07) is 10.3. The van der Waals surface area contributed by atoms with E-state index in [1.54, 1.807) is 6.92 Å². The van der Waals surface area contributed by atoms with E-state index >= 15 is 0 Å².